The summed E-state index contributed by atoms with van der Waals surface area (Å²) in [6, 6.07) is 17.3. The van der Waals surface area contributed by atoms with Crippen LogP contribution in [0.3, 0.4) is 0 Å². The highest BCUT2D eigenvalue weighted by Gasteiger charge is 2.13. The zero-order valence-electron chi connectivity index (χ0n) is 15.9. The molecule has 2 heterocycles. The van der Waals surface area contributed by atoms with E-state index in [1.807, 2.05) is 60.0 Å². The fourth-order valence-corrected chi connectivity index (χ4v) is 3.67. The largest absolute Gasteiger partial charge is 0.497 e. The average Bonchev–Trinajstić information content (AvgIpc) is 3.32. The minimum Gasteiger partial charge on any atom is -0.497 e. The second-order valence-corrected chi connectivity index (χ2v) is 7.13. The number of para-hydroxylation sites is 1. The third-order valence-electron chi connectivity index (χ3n) is 4.26. The van der Waals surface area contributed by atoms with E-state index in [2.05, 4.69) is 15.4 Å². The van der Waals surface area contributed by atoms with Gasteiger partial charge in [0.25, 0.3) is 0 Å². The van der Waals surface area contributed by atoms with Crippen molar-refractivity contribution >= 4 is 28.2 Å². The molecule has 0 aliphatic carbocycles. The quantitative estimate of drug-likeness (QED) is 0.441. The van der Waals surface area contributed by atoms with Gasteiger partial charge in [0, 0.05) is 17.4 Å². The Morgan fingerprint density at radius 2 is 1.97 bits per heavy atom. The molecule has 0 saturated heterocycles. The number of hydrogen-bond acceptors (Lipinski definition) is 6. The van der Waals surface area contributed by atoms with E-state index in [1.54, 1.807) is 11.6 Å². The molecule has 7 nitrogen and oxygen atoms in total. The lowest BCUT2D eigenvalue weighted by atomic mass is 10.2. The number of fused-ring (bicyclic) bond motifs is 1. The monoisotopic (exact) mass is 408 g/mol. The molecule has 29 heavy (non-hydrogen) atoms. The molecular weight excluding hydrogens is 388 g/mol. The van der Waals surface area contributed by atoms with Gasteiger partial charge in [0.1, 0.15) is 11.5 Å². The van der Waals surface area contributed by atoms with Crippen molar-refractivity contribution in [1.82, 2.24) is 14.6 Å². The zero-order valence-corrected chi connectivity index (χ0v) is 16.7. The van der Waals surface area contributed by atoms with Crippen molar-refractivity contribution in [3.8, 4) is 22.8 Å². The fourth-order valence-electron chi connectivity index (χ4n) is 2.84. The van der Waals surface area contributed by atoms with E-state index in [-0.39, 0.29) is 5.91 Å². The Balaban J connectivity index is 1.36. The van der Waals surface area contributed by atoms with E-state index in [1.165, 1.54) is 11.3 Å². The predicted octanol–water partition coefficient (Wildman–Crippen LogP) is 4.26. The van der Waals surface area contributed by atoms with Crippen molar-refractivity contribution < 1.29 is 14.3 Å². The summed E-state index contributed by atoms with van der Waals surface area (Å²) < 4.78 is 12.6. The van der Waals surface area contributed by atoms with Crippen molar-refractivity contribution in [3.05, 3.63) is 60.0 Å². The number of anilines is 1. The number of methoxy groups -OCH3 is 1. The molecule has 4 aromatic rings. The lowest BCUT2D eigenvalue weighted by Crippen LogP contribution is -2.14. The van der Waals surface area contributed by atoms with Crippen LogP contribution in [-0.4, -0.2) is 34.2 Å². The van der Waals surface area contributed by atoms with Crippen molar-refractivity contribution in [2.24, 2.45) is 0 Å². The minimum atomic E-state index is -0.136. The molecule has 4 rings (SSSR count). The summed E-state index contributed by atoms with van der Waals surface area (Å²) in [5, 5.41) is 9.18. The van der Waals surface area contributed by atoms with Crippen LogP contribution in [0.2, 0.25) is 0 Å². The number of carbonyl (C=O) groups is 1. The normalized spacial score (nSPS) is 10.8. The van der Waals surface area contributed by atoms with Crippen LogP contribution in [-0.2, 0) is 4.79 Å². The number of hydrogen-bond donors (Lipinski definition) is 1. The maximum Gasteiger partial charge on any atom is 0.250 e. The maximum absolute atomic E-state index is 12.2. The Kier molecular flexibility index (Phi) is 5.71. The first kappa shape index (κ1) is 18.9. The van der Waals surface area contributed by atoms with E-state index in [9.17, 15) is 4.79 Å². The van der Waals surface area contributed by atoms with Crippen molar-refractivity contribution in [1.29, 1.82) is 0 Å². The van der Waals surface area contributed by atoms with E-state index in [4.69, 9.17) is 9.47 Å². The standard InChI is InChI=1S/C21H20N4O3S/c1-27-17-10-5-7-15(13-17)18-14-29-21-23-20(24-25(18)21)22-19(26)11-6-12-28-16-8-3-2-4-9-16/h2-5,7-10,13-14H,6,11-12H2,1H3,(H,22,24,26). The molecule has 0 unspecified atom stereocenters. The van der Waals surface area contributed by atoms with Crippen LogP contribution in [0, 0.1) is 0 Å². The number of carbonyl (C=O) groups excluding carboxylic acids is 1. The molecule has 1 amide bonds. The average molecular weight is 408 g/mol. The van der Waals surface area contributed by atoms with Crippen LogP contribution in [0.1, 0.15) is 12.8 Å². The van der Waals surface area contributed by atoms with Crippen LogP contribution >= 0.6 is 11.3 Å². The van der Waals surface area contributed by atoms with Crippen molar-refractivity contribution in [2.75, 3.05) is 19.0 Å². The number of benzene rings is 2. The summed E-state index contributed by atoms with van der Waals surface area (Å²) in [7, 11) is 1.64. The molecule has 0 aliphatic heterocycles. The Hall–Kier alpha value is -3.39. The maximum atomic E-state index is 12.2. The highest BCUT2D eigenvalue weighted by atomic mass is 32.1. The van der Waals surface area contributed by atoms with Gasteiger partial charge in [-0.05, 0) is 30.7 Å². The highest BCUT2D eigenvalue weighted by molar-refractivity contribution is 7.15. The molecular formula is C21H20N4O3S. The summed E-state index contributed by atoms with van der Waals surface area (Å²) >= 11 is 1.47. The molecule has 0 atom stereocenters. The van der Waals surface area contributed by atoms with E-state index >= 15 is 0 Å². The van der Waals surface area contributed by atoms with E-state index < -0.39 is 0 Å². The van der Waals surface area contributed by atoms with Gasteiger partial charge in [-0.3, -0.25) is 10.1 Å². The number of ether oxygens (including phenoxy) is 2. The van der Waals surface area contributed by atoms with Crippen LogP contribution in [0.4, 0.5) is 5.95 Å². The molecule has 0 fully saturated rings. The van der Waals surface area contributed by atoms with Gasteiger partial charge < -0.3 is 9.47 Å². The lowest BCUT2D eigenvalue weighted by molar-refractivity contribution is -0.116. The van der Waals surface area contributed by atoms with E-state index in [0.29, 0.717) is 30.4 Å². The number of nitrogens with one attached hydrogen (secondary N) is 1. The Morgan fingerprint density at radius 3 is 2.79 bits per heavy atom. The topological polar surface area (TPSA) is 77.8 Å². The molecule has 148 valence electrons. The van der Waals surface area contributed by atoms with Crippen LogP contribution < -0.4 is 14.8 Å². The summed E-state index contributed by atoms with van der Waals surface area (Å²) in [6.45, 7) is 0.475. The molecule has 0 aliphatic rings. The lowest BCUT2D eigenvalue weighted by Gasteiger charge is -2.05. The fraction of sp³-hybridized carbons (Fsp3) is 0.190. The molecule has 0 saturated carbocycles. The number of nitrogens with zero attached hydrogens (tertiary/aromatic N) is 3. The molecule has 0 spiro atoms. The Morgan fingerprint density at radius 1 is 1.14 bits per heavy atom. The van der Waals surface area contributed by atoms with Crippen molar-refractivity contribution in [3.63, 3.8) is 0 Å². The summed E-state index contributed by atoms with van der Waals surface area (Å²) in [6.07, 6.45) is 0.945. The molecule has 1 N–H and O–H groups in total. The number of rotatable bonds is 8. The Bertz CT molecular complexity index is 1110. The van der Waals surface area contributed by atoms with Crippen LogP contribution in [0.15, 0.2) is 60.0 Å². The smallest absolute Gasteiger partial charge is 0.250 e. The van der Waals surface area contributed by atoms with Gasteiger partial charge in [0.05, 0.1) is 19.4 Å². The summed E-state index contributed by atoms with van der Waals surface area (Å²) in [5.74, 6) is 1.74. The van der Waals surface area contributed by atoms with Gasteiger partial charge >= 0.3 is 0 Å². The minimum absolute atomic E-state index is 0.136. The van der Waals surface area contributed by atoms with Gasteiger partial charge in [-0.25, -0.2) is 4.52 Å². The van der Waals surface area contributed by atoms with Crippen molar-refractivity contribution in [2.45, 2.75) is 12.8 Å². The first-order valence-electron chi connectivity index (χ1n) is 9.19. The predicted molar refractivity (Wildman–Crippen MR) is 113 cm³/mol. The molecule has 8 heteroatoms. The van der Waals surface area contributed by atoms with Gasteiger partial charge in [-0.15, -0.1) is 16.4 Å². The molecule has 2 aromatic heterocycles. The number of amides is 1. The second-order valence-electron chi connectivity index (χ2n) is 6.30. The summed E-state index contributed by atoms with van der Waals surface area (Å²) in [5.41, 5.74) is 1.87. The Labute approximate surface area is 171 Å². The van der Waals surface area contributed by atoms with Gasteiger partial charge in [-0.2, -0.15) is 4.98 Å². The number of thiazole rings is 1. The first-order chi connectivity index (χ1) is 14.2. The zero-order chi connectivity index (χ0) is 20.1. The number of aromatic nitrogens is 3. The van der Waals surface area contributed by atoms with E-state index in [0.717, 1.165) is 22.8 Å². The second kappa shape index (κ2) is 8.74. The van der Waals surface area contributed by atoms with Gasteiger partial charge in [-0.1, -0.05) is 30.3 Å². The molecule has 2 aromatic carbocycles. The first-order valence-corrected chi connectivity index (χ1v) is 10.1. The van der Waals surface area contributed by atoms with Gasteiger partial charge in [0.15, 0.2) is 0 Å². The molecule has 0 radical (unpaired) electrons. The third-order valence-corrected chi connectivity index (χ3v) is 5.07. The van der Waals surface area contributed by atoms with Gasteiger partial charge in [0.2, 0.25) is 16.8 Å². The highest BCUT2D eigenvalue weighted by Crippen LogP contribution is 2.28. The SMILES string of the molecule is COc1cccc(-c2csc3nc(NC(=O)CCCOc4ccccc4)nn23)c1. The third kappa shape index (κ3) is 4.55. The molecule has 0 bridgehead atoms. The van der Waals surface area contributed by atoms with Crippen LogP contribution in [0.25, 0.3) is 16.2 Å². The van der Waals surface area contributed by atoms with Crippen LogP contribution in [0.5, 0.6) is 11.5 Å². The summed E-state index contributed by atoms with van der Waals surface area (Å²) in [4.78, 5) is 17.3.